The highest BCUT2D eigenvalue weighted by Gasteiger charge is 2.37. The molecule has 1 saturated carbocycles. The molecule has 114 valence electrons. The standard InChI is InChI=1S/C14H24N2O4/c1-2-10-9-12(10)15-14(19)16-6-3-11(4-7-16)20-8-5-13(17)18/h10-12H,2-9H2,1H3,(H,15,19)(H,17,18). The van der Waals surface area contributed by atoms with Crippen LogP contribution >= 0.6 is 0 Å². The fraction of sp³-hybridized carbons (Fsp3) is 0.857. The second-order valence-corrected chi connectivity index (χ2v) is 5.66. The molecule has 1 aliphatic heterocycles. The number of nitrogens with one attached hydrogen (secondary N) is 1. The molecule has 0 aromatic carbocycles. The van der Waals surface area contributed by atoms with E-state index in [0.29, 0.717) is 25.0 Å². The van der Waals surface area contributed by atoms with Crippen molar-refractivity contribution in [2.45, 2.75) is 51.2 Å². The predicted octanol–water partition coefficient (Wildman–Crippen LogP) is 1.45. The van der Waals surface area contributed by atoms with Crippen LogP contribution in [0.3, 0.4) is 0 Å². The first-order chi connectivity index (χ1) is 9.60. The molecule has 0 aromatic heterocycles. The van der Waals surface area contributed by atoms with Gasteiger partial charge in [0.2, 0.25) is 0 Å². The molecule has 2 rings (SSSR count). The molecule has 20 heavy (non-hydrogen) atoms. The molecule has 2 N–H and O–H groups in total. The molecule has 0 spiro atoms. The van der Waals surface area contributed by atoms with Crippen LogP contribution in [-0.2, 0) is 9.53 Å². The molecule has 2 aliphatic rings. The summed E-state index contributed by atoms with van der Waals surface area (Å²) in [5.74, 6) is -0.174. The van der Waals surface area contributed by atoms with E-state index in [4.69, 9.17) is 9.84 Å². The Kier molecular flexibility index (Phi) is 5.23. The van der Waals surface area contributed by atoms with E-state index < -0.39 is 5.97 Å². The van der Waals surface area contributed by atoms with Gasteiger partial charge >= 0.3 is 12.0 Å². The van der Waals surface area contributed by atoms with Gasteiger partial charge in [0, 0.05) is 19.1 Å². The molecule has 1 heterocycles. The summed E-state index contributed by atoms with van der Waals surface area (Å²) in [6, 6.07) is 0.409. The average molecular weight is 284 g/mol. The Morgan fingerprint density at radius 2 is 2.05 bits per heavy atom. The van der Waals surface area contributed by atoms with E-state index in [0.717, 1.165) is 25.7 Å². The highest BCUT2D eigenvalue weighted by molar-refractivity contribution is 5.75. The molecular weight excluding hydrogens is 260 g/mol. The highest BCUT2D eigenvalue weighted by atomic mass is 16.5. The molecule has 0 aromatic rings. The van der Waals surface area contributed by atoms with Gasteiger partial charge < -0.3 is 20.1 Å². The summed E-state index contributed by atoms with van der Waals surface area (Å²) in [4.78, 5) is 24.3. The van der Waals surface area contributed by atoms with Crippen LogP contribution in [0.1, 0.15) is 39.0 Å². The SMILES string of the molecule is CCC1CC1NC(=O)N1CCC(OCCC(=O)O)CC1. The number of likely N-dealkylation sites (tertiary alicyclic amines) is 1. The van der Waals surface area contributed by atoms with Crippen molar-refractivity contribution in [3.8, 4) is 0 Å². The first-order valence-corrected chi connectivity index (χ1v) is 7.49. The number of amides is 2. The van der Waals surface area contributed by atoms with Crippen LogP contribution in [-0.4, -0.2) is 53.8 Å². The van der Waals surface area contributed by atoms with Gasteiger partial charge in [0.15, 0.2) is 0 Å². The monoisotopic (exact) mass is 284 g/mol. The molecular formula is C14H24N2O4. The Labute approximate surface area is 119 Å². The van der Waals surface area contributed by atoms with E-state index in [2.05, 4.69) is 12.2 Å². The molecule has 0 bridgehead atoms. The third kappa shape index (κ3) is 4.37. The summed E-state index contributed by atoms with van der Waals surface area (Å²) in [5.41, 5.74) is 0. The molecule has 6 heteroatoms. The van der Waals surface area contributed by atoms with Gasteiger partial charge in [-0.05, 0) is 25.2 Å². The van der Waals surface area contributed by atoms with Crippen molar-refractivity contribution in [1.29, 1.82) is 0 Å². The number of aliphatic carboxylic acids is 1. The van der Waals surface area contributed by atoms with E-state index in [1.54, 1.807) is 0 Å². The van der Waals surface area contributed by atoms with E-state index in [9.17, 15) is 9.59 Å². The third-order valence-electron chi connectivity index (χ3n) is 4.15. The van der Waals surface area contributed by atoms with Crippen LogP contribution in [0.5, 0.6) is 0 Å². The number of rotatable bonds is 6. The quantitative estimate of drug-likeness (QED) is 0.774. The zero-order valence-electron chi connectivity index (χ0n) is 12.0. The van der Waals surface area contributed by atoms with Gasteiger partial charge in [-0.2, -0.15) is 0 Å². The van der Waals surface area contributed by atoms with E-state index in [-0.39, 0.29) is 25.2 Å². The largest absolute Gasteiger partial charge is 0.481 e. The molecule has 2 amide bonds. The van der Waals surface area contributed by atoms with Crippen molar-refractivity contribution < 1.29 is 19.4 Å². The van der Waals surface area contributed by atoms with Crippen molar-refractivity contribution >= 4 is 12.0 Å². The summed E-state index contributed by atoms with van der Waals surface area (Å²) in [5, 5.41) is 11.6. The second kappa shape index (κ2) is 6.92. The Morgan fingerprint density at radius 3 is 2.60 bits per heavy atom. The normalized spacial score (nSPS) is 26.4. The second-order valence-electron chi connectivity index (χ2n) is 5.66. The number of carbonyl (C=O) groups is 2. The Morgan fingerprint density at radius 1 is 1.35 bits per heavy atom. The minimum absolute atomic E-state index is 0.0370. The van der Waals surface area contributed by atoms with E-state index >= 15 is 0 Å². The number of hydrogen-bond donors (Lipinski definition) is 2. The van der Waals surface area contributed by atoms with Gasteiger partial charge in [-0.15, -0.1) is 0 Å². The van der Waals surface area contributed by atoms with Crippen molar-refractivity contribution in [2.75, 3.05) is 19.7 Å². The Balaban J connectivity index is 1.61. The zero-order valence-corrected chi connectivity index (χ0v) is 12.0. The number of piperidine rings is 1. The summed E-state index contributed by atoms with van der Waals surface area (Å²) in [6.45, 7) is 3.78. The average Bonchev–Trinajstić information content (AvgIpc) is 3.17. The minimum atomic E-state index is -0.836. The van der Waals surface area contributed by atoms with Crippen molar-refractivity contribution in [3.63, 3.8) is 0 Å². The fourth-order valence-electron chi connectivity index (χ4n) is 2.66. The van der Waals surface area contributed by atoms with Crippen LogP contribution in [0, 0.1) is 5.92 Å². The smallest absolute Gasteiger partial charge is 0.317 e. The first-order valence-electron chi connectivity index (χ1n) is 7.49. The molecule has 6 nitrogen and oxygen atoms in total. The van der Waals surface area contributed by atoms with Gasteiger partial charge in [-0.1, -0.05) is 13.3 Å². The van der Waals surface area contributed by atoms with Crippen molar-refractivity contribution in [2.24, 2.45) is 5.92 Å². The Hall–Kier alpha value is -1.30. The number of nitrogens with zero attached hydrogens (tertiary/aromatic N) is 1. The summed E-state index contributed by atoms with van der Waals surface area (Å²) in [6.07, 6.45) is 3.94. The summed E-state index contributed by atoms with van der Waals surface area (Å²) < 4.78 is 5.51. The molecule has 1 saturated heterocycles. The maximum Gasteiger partial charge on any atom is 0.317 e. The van der Waals surface area contributed by atoms with Gasteiger partial charge in [-0.3, -0.25) is 4.79 Å². The van der Waals surface area contributed by atoms with Crippen LogP contribution in [0.2, 0.25) is 0 Å². The zero-order chi connectivity index (χ0) is 14.5. The lowest BCUT2D eigenvalue weighted by Gasteiger charge is -2.32. The number of urea groups is 1. The van der Waals surface area contributed by atoms with Crippen LogP contribution < -0.4 is 5.32 Å². The van der Waals surface area contributed by atoms with Gasteiger partial charge in [-0.25, -0.2) is 4.79 Å². The fourth-order valence-corrected chi connectivity index (χ4v) is 2.66. The summed E-state index contributed by atoms with van der Waals surface area (Å²) in [7, 11) is 0. The maximum atomic E-state index is 12.0. The van der Waals surface area contributed by atoms with Crippen molar-refractivity contribution in [1.82, 2.24) is 10.2 Å². The third-order valence-corrected chi connectivity index (χ3v) is 4.15. The number of ether oxygens (including phenoxy) is 1. The topological polar surface area (TPSA) is 78.9 Å². The molecule has 1 aliphatic carbocycles. The first kappa shape index (κ1) is 15.1. The van der Waals surface area contributed by atoms with E-state index in [1.165, 1.54) is 0 Å². The number of carboxylic acid groups (broad SMARTS) is 1. The number of hydrogen-bond acceptors (Lipinski definition) is 3. The predicted molar refractivity (Wildman–Crippen MR) is 73.5 cm³/mol. The summed E-state index contributed by atoms with van der Waals surface area (Å²) >= 11 is 0. The molecule has 2 unspecified atom stereocenters. The van der Waals surface area contributed by atoms with Crippen molar-refractivity contribution in [3.05, 3.63) is 0 Å². The van der Waals surface area contributed by atoms with E-state index in [1.807, 2.05) is 4.90 Å². The van der Waals surface area contributed by atoms with Crippen LogP contribution in [0.25, 0.3) is 0 Å². The van der Waals surface area contributed by atoms with Gasteiger partial charge in [0.25, 0.3) is 0 Å². The van der Waals surface area contributed by atoms with Crippen LogP contribution in [0.4, 0.5) is 4.79 Å². The number of carboxylic acids is 1. The molecule has 2 fully saturated rings. The molecule has 0 radical (unpaired) electrons. The lowest BCUT2D eigenvalue weighted by molar-refractivity contribution is -0.138. The highest BCUT2D eigenvalue weighted by Crippen LogP contribution is 2.33. The maximum absolute atomic E-state index is 12.0. The lowest BCUT2D eigenvalue weighted by atomic mass is 10.1. The lowest BCUT2D eigenvalue weighted by Crippen LogP contribution is -2.46. The van der Waals surface area contributed by atoms with Gasteiger partial charge in [0.05, 0.1) is 19.1 Å². The minimum Gasteiger partial charge on any atom is -0.481 e. The van der Waals surface area contributed by atoms with Crippen LogP contribution in [0.15, 0.2) is 0 Å². The molecule has 2 atom stereocenters. The Bertz CT molecular complexity index is 353. The van der Waals surface area contributed by atoms with Gasteiger partial charge in [0.1, 0.15) is 0 Å². The number of carbonyl (C=O) groups excluding carboxylic acids is 1.